The van der Waals surface area contributed by atoms with Gasteiger partial charge in [-0.1, -0.05) is 13.3 Å². The van der Waals surface area contributed by atoms with Crippen molar-refractivity contribution in [3.05, 3.63) is 54.3 Å². The molecule has 2 aromatic rings. The quantitative estimate of drug-likeness (QED) is 0.585. The number of hydrogen-bond donors (Lipinski definition) is 0. The summed E-state index contributed by atoms with van der Waals surface area (Å²) < 4.78 is 24.4. The lowest BCUT2D eigenvalue weighted by Gasteiger charge is -2.29. The van der Waals surface area contributed by atoms with Gasteiger partial charge >= 0.3 is 0 Å². The number of hydrogen-bond acceptors (Lipinski definition) is 4. The maximum atomic E-state index is 12.9. The summed E-state index contributed by atoms with van der Waals surface area (Å²) in [5.41, 5.74) is -1.45. The maximum absolute atomic E-state index is 12.9. The molecule has 0 spiro atoms. The van der Waals surface area contributed by atoms with Crippen molar-refractivity contribution in [2.75, 3.05) is 0 Å². The molecule has 0 aliphatic carbocycles. The third kappa shape index (κ3) is 4.69. The van der Waals surface area contributed by atoms with E-state index >= 15 is 0 Å². The average molecular weight is 358 g/mol. The van der Waals surface area contributed by atoms with Crippen molar-refractivity contribution in [3.8, 4) is 17.2 Å². The Hall–Kier alpha value is -2.69. The van der Waals surface area contributed by atoms with Gasteiger partial charge in [-0.15, -0.1) is 0 Å². The molecular weight excluding hydrogens is 335 g/mol. The van der Waals surface area contributed by atoms with E-state index < -0.39 is 5.60 Å². The Kier molecular flexibility index (Phi) is 6.50. The van der Waals surface area contributed by atoms with Gasteiger partial charge in [0.1, 0.15) is 23.1 Å². The summed E-state index contributed by atoms with van der Waals surface area (Å²) in [5, 5.41) is 0. The summed E-state index contributed by atoms with van der Waals surface area (Å²) in [4.78, 5) is 24.3. The zero-order valence-electron chi connectivity index (χ0n) is 15.3. The number of unbranched alkanes of at least 4 members (excludes halogenated alkanes) is 1. The van der Waals surface area contributed by atoms with Crippen LogP contribution in [-0.2, 0) is 9.59 Å². The number of halogens is 1. The van der Waals surface area contributed by atoms with Crippen molar-refractivity contribution >= 4 is 11.6 Å². The molecule has 0 atom stereocenters. The van der Waals surface area contributed by atoms with Gasteiger partial charge in [0, 0.05) is 6.42 Å². The normalized spacial score (nSPS) is 11.1. The molecule has 0 amide bonds. The predicted molar refractivity (Wildman–Crippen MR) is 97.2 cm³/mol. The van der Waals surface area contributed by atoms with Gasteiger partial charge in [0.05, 0.1) is 0 Å². The lowest BCUT2D eigenvalue weighted by atomic mass is 9.88. The first-order valence-corrected chi connectivity index (χ1v) is 8.62. The molecule has 0 unspecified atom stereocenters. The predicted octanol–water partition coefficient (Wildman–Crippen LogP) is 5.10. The first kappa shape index (κ1) is 19.6. The summed E-state index contributed by atoms with van der Waals surface area (Å²) >= 11 is 0. The Balaban J connectivity index is 2.16. The summed E-state index contributed by atoms with van der Waals surface area (Å²) in [6, 6.07) is 12.3. The molecule has 0 aliphatic heterocycles. The zero-order chi connectivity index (χ0) is 19.2. The third-order valence-electron chi connectivity index (χ3n) is 4.18. The number of benzene rings is 2. The van der Waals surface area contributed by atoms with Crippen LogP contribution in [0.3, 0.4) is 0 Å². The Morgan fingerprint density at radius 2 is 1.35 bits per heavy atom. The van der Waals surface area contributed by atoms with E-state index in [1.165, 1.54) is 38.1 Å². The third-order valence-corrected chi connectivity index (χ3v) is 4.18. The SMILES string of the molecule is CCCCC(Oc1ccc(Oc2ccc(F)cc2)cc1)(C(C)=O)C(C)=O. The molecule has 0 saturated heterocycles. The van der Waals surface area contributed by atoms with Crippen LogP contribution in [0.15, 0.2) is 48.5 Å². The summed E-state index contributed by atoms with van der Waals surface area (Å²) in [7, 11) is 0. The van der Waals surface area contributed by atoms with Crippen LogP contribution < -0.4 is 9.47 Å². The highest BCUT2D eigenvalue weighted by atomic mass is 19.1. The fraction of sp³-hybridized carbons (Fsp3) is 0.333. The highest BCUT2D eigenvalue weighted by molar-refractivity contribution is 6.08. The summed E-state index contributed by atoms with van der Waals surface area (Å²) in [6.45, 7) is 4.75. The molecule has 26 heavy (non-hydrogen) atoms. The van der Waals surface area contributed by atoms with Crippen LogP contribution in [0.1, 0.15) is 40.0 Å². The van der Waals surface area contributed by atoms with E-state index in [0.29, 0.717) is 30.1 Å². The molecule has 2 rings (SSSR count). The second-order valence-electron chi connectivity index (χ2n) is 6.17. The molecule has 2 aromatic carbocycles. The molecule has 0 bridgehead atoms. The van der Waals surface area contributed by atoms with E-state index in [2.05, 4.69) is 0 Å². The largest absolute Gasteiger partial charge is 0.472 e. The van der Waals surface area contributed by atoms with Crippen molar-refractivity contribution in [2.45, 2.75) is 45.6 Å². The second-order valence-corrected chi connectivity index (χ2v) is 6.17. The van der Waals surface area contributed by atoms with Crippen molar-refractivity contribution < 1.29 is 23.5 Å². The number of ether oxygens (including phenoxy) is 2. The highest BCUT2D eigenvalue weighted by Gasteiger charge is 2.42. The minimum absolute atomic E-state index is 0.301. The van der Waals surface area contributed by atoms with Gasteiger partial charge in [-0.05, 0) is 68.8 Å². The van der Waals surface area contributed by atoms with Gasteiger partial charge < -0.3 is 9.47 Å². The fourth-order valence-electron chi connectivity index (χ4n) is 2.64. The van der Waals surface area contributed by atoms with E-state index in [0.717, 1.165) is 6.42 Å². The Morgan fingerprint density at radius 1 is 0.885 bits per heavy atom. The molecule has 0 N–H and O–H groups in total. The van der Waals surface area contributed by atoms with Crippen molar-refractivity contribution in [1.29, 1.82) is 0 Å². The van der Waals surface area contributed by atoms with Gasteiger partial charge in [0.15, 0.2) is 11.6 Å². The van der Waals surface area contributed by atoms with Crippen LogP contribution in [0.5, 0.6) is 17.2 Å². The molecule has 0 fully saturated rings. The zero-order valence-corrected chi connectivity index (χ0v) is 15.3. The van der Waals surface area contributed by atoms with Gasteiger partial charge in [-0.3, -0.25) is 9.59 Å². The number of ketones is 2. The standard InChI is InChI=1S/C21H23FO4/c1-4-5-14-21(15(2)23,16(3)24)26-20-12-10-19(11-13-20)25-18-8-6-17(22)7-9-18/h6-13H,4-5,14H2,1-3H3. The first-order chi connectivity index (χ1) is 12.4. The average Bonchev–Trinajstić information content (AvgIpc) is 2.61. The van der Waals surface area contributed by atoms with E-state index in [9.17, 15) is 14.0 Å². The van der Waals surface area contributed by atoms with Gasteiger partial charge in [-0.25, -0.2) is 4.39 Å². The van der Waals surface area contributed by atoms with Crippen LogP contribution in [0.2, 0.25) is 0 Å². The van der Waals surface area contributed by atoms with Crippen molar-refractivity contribution in [3.63, 3.8) is 0 Å². The van der Waals surface area contributed by atoms with Gasteiger partial charge in [0.25, 0.3) is 0 Å². The molecule has 5 heteroatoms. The molecule has 4 nitrogen and oxygen atoms in total. The summed E-state index contributed by atoms with van der Waals surface area (Å²) in [5.74, 6) is 0.518. The van der Waals surface area contributed by atoms with Crippen molar-refractivity contribution in [1.82, 2.24) is 0 Å². The monoisotopic (exact) mass is 358 g/mol. The summed E-state index contributed by atoms with van der Waals surface area (Å²) in [6.07, 6.45) is 1.92. The Morgan fingerprint density at radius 3 is 1.81 bits per heavy atom. The number of rotatable bonds is 9. The lowest BCUT2D eigenvalue weighted by Crippen LogP contribution is -2.49. The topological polar surface area (TPSA) is 52.6 Å². The van der Waals surface area contributed by atoms with E-state index in [4.69, 9.17) is 9.47 Å². The van der Waals surface area contributed by atoms with Crippen LogP contribution in [0.4, 0.5) is 4.39 Å². The molecule has 0 saturated carbocycles. The van der Waals surface area contributed by atoms with Crippen LogP contribution in [0.25, 0.3) is 0 Å². The molecule has 0 radical (unpaired) electrons. The molecule has 0 heterocycles. The number of carbonyl (C=O) groups is 2. The van der Waals surface area contributed by atoms with Crippen LogP contribution in [-0.4, -0.2) is 17.2 Å². The lowest BCUT2D eigenvalue weighted by molar-refractivity contribution is -0.145. The smallest absolute Gasteiger partial charge is 0.223 e. The second kappa shape index (κ2) is 8.61. The Bertz CT molecular complexity index is 737. The number of carbonyl (C=O) groups excluding carboxylic acids is 2. The molecule has 0 aliphatic rings. The molecular formula is C21H23FO4. The molecule has 0 aromatic heterocycles. The fourth-order valence-corrected chi connectivity index (χ4v) is 2.64. The van der Waals surface area contributed by atoms with E-state index in [-0.39, 0.29) is 17.4 Å². The van der Waals surface area contributed by atoms with E-state index in [1.54, 1.807) is 24.3 Å². The van der Waals surface area contributed by atoms with E-state index in [1.807, 2.05) is 6.92 Å². The number of Topliss-reactive ketones (excluding diaryl/α,β-unsaturated/α-hetero) is 2. The Labute approximate surface area is 152 Å². The molecule has 138 valence electrons. The van der Waals surface area contributed by atoms with Gasteiger partial charge in [0.2, 0.25) is 5.60 Å². The van der Waals surface area contributed by atoms with Gasteiger partial charge in [-0.2, -0.15) is 0 Å². The first-order valence-electron chi connectivity index (χ1n) is 8.62. The van der Waals surface area contributed by atoms with Crippen LogP contribution in [0, 0.1) is 5.82 Å². The minimum atomic E-state index is -1.45. The highest BCUT2D eigenvalue weighted by Crippen LogP contribution is 2.29. The van der Waals surface area contributed by atoms with Crippen LogP contribution >= 0.6 is 0 Å². The maximum Gasteiger partial charge on any atom is 0.223 e. The van der Waals surface area contributed by atoms with Crippen molar-refractivity contribution in [2.24, 2.45) is 0 Å². The minimum Gasteiger partial charge on any atom is -0.472 e.